The Kier molecular flexibility index (Phi) is 3.26. The second kappa shape index (κ2) is 4.49. The second-order valence-electron chi connectivity index (χ2n) is 4.02. The van der Waals surface area contributed by atoms with Crippen molar-refractivity contribution in [3.63, 3.8) is 0 Å². The van der Waals surface area contributed by atoms with Gasteiger partial charge in [0.15, 0.2) is 0 Å². The van der Waals surface area contributed by atoms with E-state index in [2.05, 4.69) is 45.1 Å². The highest BCUT2D eigenvalue weighted by Gasteiger charge is 2.21. The van der Waals surface area contributed by atoms with Crippen molar-refractivity contribution < 1.29 is 0 Å². The molecule has 0 bridgehead atoms. The molecule has 1 N–H and O–H groups in total. The number of rotatable bonds is 2. The van der Waals surface area contributed by atoms with Crippen molar-refractivity contribution in [1.82, 2.24) is 10.3 Å². The zero-order valence-corrected chi connectivity index (χ0v) is 10.7. The summed E-state index contributed by atoms with van der Waals surface area (Å²) in [6.45, 7) is 4.26. The number of nitrogens with zero attached hydrogens (tertiary/aromatic N) is 2. The van der Waals surface area contributed by atoms with E-state index in [1.807, 2.05) is 12.3 Å². The van der Waals surface area contributed by atoms with Gasteiger partial charge in [-0.25, -0.2) is 4.98 Å². The van der Waals surface area contributed by atoms with Crippen LogP contribution in [-0.4, -0.2) is 31.2 Å². The maximum atomic E-state index is 4.43. The first-order chi connectivity index (χ1) is 7.20. The number of anilines is 1. The monoisotopic (exact) mass is 269 g/mol. The molecule has 4 heteroatoms. The molecule has 1 fully saturated rings. The molecular weight excluding hydrogens is 254 g/mol. The second-order valence-corrected chi connectivity index (χ2v) is 4.82. The van der Waals surface area contributed by atoms with Crippen LogP contribution >= 0.6 is 15.9 Å². The van der Waals surface area contributed by atoms with E-state index in [0.717, 1.165) is 23.4 Å². The van der Waals surface area contributed by atoms with Crippen LogP contribution in [-0.2, 0) is 0 Å². The third kappa shape index (κ3) is 2.16. The summed E-state index contributed by atoms with van der Waals surface area (Å²) in [7, 11) is 2.12. The van der Waals surface area contributed by atoms with Crippen LogP contribution in [0.5, 0.6) is 0 Å². The fourth-order valence-corrected chi connectivity index (χ4v) is 2.43. The maximum absolute atomic E-state index is 4.43. The molecule has 0 aromatic carbocycles. The molecule has 1 aliphatic rings. The fraction of sp³-hybridized carbons (Fsp3) is 0.545. The van der Waals surface area contributed by atoms with E-state index in [1.54, 1.807) is 0 Å². The number of likely N-dealkylation sites (N-methyl/N-ethyl adjacent to an activating group) is 1. The van der Waals surface area contributed by atoms with Crippen LogP contribution in [0.3, 0.4) is 0 Å². The lowest BCUT2D eigenvalue weighted by Gasteiger charge is -2.26. The number of aryl methyl sites for hydroxylation is 1. The van der Waals surface area contributed by atoms with E-state index in [1.165, 1.54) is 12.0 Å². The molecular formula is C11H16BrN3. The van der Waals surface area contributed by atoms with Gasteiger partial charge in [0.1, 0.15) is 5.82 Å². The minimum absolute atomic E-state index is 0.565. The number of pyridine rings is 1. The van der Waals surface area contributed by atoms with Crippen molar-refractivity contribution in [2.24, 2.45) is 0 Å². The molecule has 0 saturated carbocycles. The topological polar surface area (TPSA) is 28.2 Å². The molecule has 15 heavy (non-hydrogen) atoms. The SMILES string of the molecule is Cc1ccnc(N(C)C2CCNC2)c1Br. The summed E-state index contributed by atoms with van der Waals surface area (Å²) in [5.74, 6) is 1.05. The van der Waals surface area contributed by atoms with E-state index in [0.29, 0.717) is 6.04 Å². The van der Waals surface area contributed by atoms with Gasteiger partial charge in [-0.15, -0.1) is 0 Å². The average Bonchev–Trinajstić information content (AvgIpc) is 2.74. The number of aromatic nitrogens is 1. The van der Waals surface area contributed by atoms with E-state index in [9.17, 15) is 0 Å². The van der Waals surface area contributed by atoms with Gasteiger partial charge < -0.3 is 10.2 Å². The summed E-state index contributed by atoms with van der Waals surface area (Å²) in [6, 6.07) is 2.59. The Bertz CT molecular complexity index is 348. The molecule has 1 aliphatic heterocycles. The molecule has 1 unspecified atom stereocenters. The molecule has 1 aromatic rings. The van der Waals surface area contributed by atoms with Crippen LogP contribution in [0.25, 0.3) is 0 Å². The molecule has 2 rings (SSSR count). The standard InChI is InChI=1S/C11H16BrN3/c1-8-3-6-14-11(10(8)12)15(2)9-4-5-13-7-9/h3,6,9,13H,4-5,7H2,1-2H3. The summed E-state index contributed by atoms with van der Waals surface area (Å²) in [6.07, 6.45) is 3.06. The molecule has 1 atom stereocenters. The minimum atomic E-state index is 0.565. The summed E-state index contributed by atoms with van der Waals surface area (Å²) in [4.78, 5) is 6.70. The van der Waals surface area contributed by atoms with Gasteiger partial charge in [-0.2, -0.15) is 0 Å². The third-order valence-corrected chi connectivity index (χ3v) is 3.96. The largest absolute Gasteiger partial charge is 0.354 e. The van der Waals surface area contributed by atoms with Crippen LogP contribution in [0, 0.1) is 6.92 Å². The number of hydrogen-bond acceptors (Lipinski definition) is 3. The van der Waals surface area contributed by atoms with Crippen LogP contribution in [0.1, 0.15) is 12.0 Å². The van der Waals surface area contributed by atoms with Crippen LogP contribution < -0.4 is 10.2 Å². The van der Waals surface area contributed by atoms with Gasteiger partial charge in [0.25, 0.3) is 0 Å². The van der Waals surface area contributed by atoms with Crippen LogP contribution in [0.15, 0.2) is 16.7 Å². The van der Waals surface area contributed by atoms with E-state index >= 15 is 0 Å². The van der Waals surface area contributed by atoms with E-state index in [4.69, 9.17) is 0 Å². The Morgan fingerprint density at radius 1 is 1.60 bits per heavy atom. The normalized spacial score (nSPS) is 20.6. The minimum Gasteiger partial charge on any atom is -0.354 e. The van der Waals surface area contributed by atoms with Gasteiger partial charge in [-0.3, -0.25) is 0 Å². The molecule has 0 spiro atoms. The van der Waals surface area contributed by atoms with Crippen molar-refractivity contribution in [1.29, 1.82) is 0 Å². The first-order valence-electron chi connectivity index (χ1n) is 5.25. The lowest BCUT2D eigenvalue weighted by molar-refractivity contribution is 0.676. The van der Waals surface area contributed by atoms with Crippen LogP contribution in [0.4, 0.5) is 5.82 Å². The van der Waals surface area contributed by atoms with Gasteiger partial charge >= 0.3 is 0 Å². The highest BCUT2D eigenvalue weighted by atomic mass is 79.9. The summed E-state index contributed by atoms with van der Waals surface area (Å²) < 4.78 is 1.11. The molecule has 0 amide bonds. The number of nitrogens with one attached hydrogen (secondary N) is 1. The zero-order chi connectivity index (χ0) is 10.8. The van der Waals surface area contributed by atoms with Gasteiger partial charge in [0.2, 0.25) is 0 Å². The zero-order valence-electron chi connectivity index (χ0n) is 9.13. The van der Waals surface area contributed by atoms with E-state index < -0.39 is 0 Å². The fourth-order valence-electron chi connectivity index (χ4n) is 1.91. The van der Waals surface area contributed by atoms with Crippen molar-refractivity contribution in [2.75, 3.05) is 25.0 Å². The molecule has 1 aromatic heterocycles. The number of hydrogen-bond donors (Lipinski definition) is 1. The van der Waals surface area contributed by atoms with Gasteiger partial charge in [0.05, 0.1) is 4.47 Å². The van der Waals surface area contributed by atoms with Crippen LogP contribution in [0.2, 0.25) is 0 Å². The van der Waals surface area contributed by atoms with Gasteiger partial charge in [0, 0.05) is 25.8 Å². The van der Waals surface area contributed by atoms with Gasteiger partial charge in [-0.1, -0.05) is 0 Å². The summed E-state index contributed by atoms with van der Waals surface area (Å²) in [5.41, 5.74) is 1.23. The van der Waals surface area contributed by atoms with Crippen molar-refractivity contribution in [3.8, 4) is 0 Å². The molecule has 2 heterocycles. The highest BCUT2D eigenvalue weighted by molar-refractivity contribution is 9.10. The Morgan fingerprint density at radius 3 is 3.07 bits per heavy atom. The average molecular weight is 270 g/mol. The van der Waals surface area contributed by atoms with Crippen molar-refractivity contribution in [2.45, 2.75) is 19.4 Å². The Hall–Kier alpha value is -0.610. The first-order valence-corrected chi connectivity index (χ1v) is 6.04. The Labute approximate surface area is 99.0 Å². The quantitative estimate of drug-likeness (QED) is 0.890. The summed E-state index contributed by atoms with van der Waals surface area (Å²) in [5, 5.41) is 3.37. The lowest BCUT2D eigenvalue weighted by atomic mass is 10.2. The molecule has 0 radical (unpaired) electrons. The maximum Gasteiger partial charge on any atom is 0.143 e. The molecule has 82 valence electrons. The predicted molar refractivity (Wildman–Crippen MR) is 66.4 cm³/mol. The van der Waals surface area contributed by atoms with Crippen molar-refractivity contribution in [3.05, 3.63) is 22.3 Å². The third-order valence-electron chi connectivity index (χ3n) is 2.98. The Morgan fingerprint density at radius 2 is 2.40 bits per heavy atom. The lowest BCUT2D eigenvalue weighted by Crippen LogP contribution is -2.34. The van der Waals surface area contributed by atoms with Crippen molar-refractivity contribution >= 4 is 21.7 Å². The molecule has 0 aliphatic carbocycles. The molecule has 3 nitrogen and oxygen atoms in total. The highest BCUT2D eigenvalue weighted by Crippen LogP contribution is 2.28. The smallest absolute Gasteiger partial charge is 0.143 e. The Balaban J connectivity index is 2.24. The predicted octanol–water partition coefficient (Wildman–Crippen LogP) is 1.95. The van der Waals surface area contributed by atoms with Gasteiger partial charge in [-0.05, 0) is 47.4 Å². The van der Waals surface area contributed by atoms with E-state index in [-0.39, 0.29) is 0 Å². The molecule has 1 saturated heterocycles. The first kappa shape index (κ1) is 10.9. The number of halogens is 1. The summed E-state index contributed by atoms with van der Waals surface area (Å²) >= 11 is 3.60.